The molecule has 2 aromatic heterocycles. The van der Waals surface area contributed by atoms with Crippen molar-refractivity contribution in [2.45, 2.75) is 6.92 Å². The van der Waals surface area contributed by atoms with Crippen LogP contribution in [0.25, 0.3) is 10.2 Å². The number of nitrogens with zero attached hydrogens (tertiary/aromatic N) is 4. The highest BCUT2D eigenvalue weighted by molar-refractivity contribution is 7.22. The van der Waals surface area contributed by atoms with Gasteiger partial charge in [-0.25, -0.2) is 15.0 Å². The summed E-state index contributed by atoms with van der Waals surface area (Å²) >= 11 is 13.6. The van der Waals surface area contributed by atoms with Crippen LogP contribution in [0.2, 0.25) is 10.0 Å². The molecule has 2 aromatic carbocycles. The SMILES string of the molecule is Cc1cccc2sc(Nc3ncnc(Nc4cccc(Cl)c4Cl)c3[N+](=O)[O-])nc12. The predicted molar refractivity (Wildman–Crippen MR) is 116 cm³/mol. The van der Waals surface area contributed by atoms with E-state index in [-0.39, 0.29) is 22.3 Å². The van der Waals surface area contributed by atoms with Gasteiger partial charge >= 0.3 is 5.69 Å². The summed E-state index contributed by atoms with van der Waals surface area (Å²) in [6.45, 7) is 1.95. The van der Waals surface area contributed by atoms with Crippen molar-refractivity contribution in [3.63, 3.8) is 0 Å². The summed E-state index contributed by atoms with van der Waals surface area (Å²) in [5.41, 5.74) is 1.91. The fourth-order valence-corrected chi connectivity index (χ4v) is 3.99. The van der Waals surface area contributed by atoms with Crippen LogP contribution in [0, 0.1) is 17.0 Å². The Labute approximate surface area is 178 Å². The molecular weight excluding hydrogens is 435 g/mol. The zero-order valence-corrected chi connectivity index (χ0v) is 17.1. The highest BCUT2D eigenvalue weighted by Crippen LogP contribution is 2.38. The molecule has 0 aliphatic heterocycles. The van der Waals surface area contributed by atoms with E-state index in [9.17, 15) is 10.1 Å². The number of anilines is 4. The van der Waals surface area contributed by atoms with Crippen molar-refractivity contribution in [2.75, 3.05) is 10.6 Å². The van der Waals surface area contributed by atoms with E-state index in [1.807, 2.05) is 25.1 Å². The Balaban J connectivity index is 1.74. The number of hydrogen-bond acceptors (Lipinski definition) is 8. The van der Waals surface area contributed by atoms with Gasteiger partial charge in [-0.2, -0.15) is 0 Å². The third-order valence-corrected chi connectivity index (χ3v) is 5.81. The minimum absolute atomic E-state index is 0.0161. The number of aromatic nitrogens is 3. The Hall–Kier alpha value is -3.01. The molecular formula is C18H12Cl2N6O2S. The van der Waals surface area contributed by atoms with Gasteiger partial charge in [-0.05, 0) is 30.7 Å². The van der Waals surface area contributed by atoms with E-state index in [0.29, 0.717) is 15.8 Å². The van der Waals surface area contributed by atoms with Crippen molar-refractivity contribution in [1.29, 1.82) is 0 Å². The maximum Gasteiger partial charge on any atom is 0.353 e. The van der Waals surface area contributed by atoms with Crippen LogP contribution < -0.4 is 10.6 Å². The van der Waals surface area contributed by atoms with Crippen molar-refractivity contribution in [3.8, 4) is 0 Å². The van der Waals surface area contributed by atoms with Crippen LogP contribution in [0.3, 0.4) is 0 Å². The molecule has 2 heterocycles. The van der Waals surface area contributed by atoms with Gasteiger partial charge in [0.05, 0.1) is 30.9 Å². The third kappa shape index (κ3) is 3.80. The molecule has 11 heteroatoms. The molecule has 0 radical (unpaired) electrons. The van der Waals surface area contributed by atoms with Gasteiger partial charge in [0, 0.05) is 0 Å². The van der Waals surface area contributed by atoms with E-state index in [1.54, 1.807) is 18.2 Å². The number of aryl methyl sites for hydroxylation is 1. The Morgan fingerprint density at radius 2 is 1.79 bits per heavy atom. The molecule has 0 atom stereocenters. The number of fused-ring (bicyclic) bond motifs is 1. The van der Waals surface area contributed by atoms with Crippen molar-refractivity contribution in [2.24, 2.45) is 0 Å². The molecule has 0 unspecified atom stereocenters. The van der Waals surface area contributed by atoms with Gasteiger partial charge in [0.1, 0.15) is 6.33 Å². The van der Waals surface area contributed by atoms with Gasteiger partial charge in [0.15, 0.2) is 5.13 Å². The molecule has 146 valence electrons. The number of benzene rings is 2. The lowest BCUT2D eigenvalue weighted by molar-refractivity contribution is -0.383. The first-order valence-corrected chi connectivity index (χ1v) is 9.85. The molecule has 0 aliphatic carbocycles. The molecule has 0 amide bonds. The van der Waals surface area contributed by atoms with Gasteiger partial charge < -0.3 is 10.6 Å². The van der Waals surface area contributed by atoms with Gasteiger partial charge in [-0.1, -0.05) is 52.7 Å². The lowest BCUT2D eigenvalue weighted by atomic mass is 10.2. The van der Waals surface area contributed by atoms with Gasteiger partial charge in [0.2, 0.25) is 11.6 Å². The largest absolute Gasteiger partial charge is 0.353 e. The minimum atomic E-state index is -0.568. The van der Waals surface area contributed by atoms with Crippen LogP contribution in [0.4, 0.5) is 28.1 Å². The van der Waals surface area contributed by atoms with Crippen molar-refractivity contribution < 1.29 is 4.92 Å². The fraction of sp³-hybridized carbons (Fsp3) is 0.0556. The molecule has 8 nitrogen and oxygen atoms in total. The molecule has 2 N–H and O–H groups in total. The van der Waals surface area contributed by atoms with E-state index in [0.717, 1.165) is 15.8 Å². The molecule has 29 heavy (non-hydrogen) atoms. The summed E-state index contributed by atoms with van der Waals surface area (Å²) in [7, 11) is 0. The van der Waals surface area contributed by atoms with Crippen LogP contribution in [0.5, 0.6) is 0 Å². The smallest absolute Gasteiger partial charge is 0.333 e. The summed E-state index contributed by atoms with van der Waals surface area (Å²) in [6.07, 6.45) is 1.22. The van der Waals surface area contributed by atoms with Crippen LogP contribution in [0.15, 0.2) is 42.7 Å². The predicted octanol–water partition coefficient (Wildman–Crippen LogP) is 6.10. The second kappa shape index (κ2) is 7.78. The summed E-state index contributed by atoms with van der Waals surface area (Å²) in [5.74, 6) is -0.00341. The van der Waals surface area contributed by atoms with E-state index in [1.165, 1.54) is 17.7 Å². The number of hydrogen-bond donors (Lipinski definition) is 2. The quantitative estimate of drug-likeness (QED) is 0.281. The van der Waals surface area contributed by atoms with E-state index in [4.69, 9.17) is 23.2 Å². The normalized spacial score (nSPS) is 10.9. The topological polar surface area (TPSA) is 106 Å². The van der Waals surface area contributed by atoms with E-state index in [2.05, 4.69) is 25.6 Å². The maximum atomic E-state index is 11.8. The third-order valence-electron chi connectivity index (χ3n) is 4.06. The molecule has 0 saturated carbocycles. The summed E-state index contributed by atoms with van der Waals surface area (Å²) < 4.78 is 0.966. The van der Waals surface area contributed by atoms with Gasteiger partial charge in [-0.3, -0.25) is 10.1 Å². The van der Waals surface area contributed by atoms with Crippen molar-refractivity contribution in [1.82, 2.24) is 15.0 Å². The summed E-state index contributed by atoms with van der Waals surface area (Å²) in [6, 6.07) is 10.8. The molecule has 4 aromatic rings. The first-order chi connectivity index (χ1) is 13.9. The van der Waals surface area contributed by atoms with Crippen molar-refractivity contribution >= 4 is 72.9 Å². The molecule has 0 aliphatic rings. The van der Waals surface area contributed by atoms with Crippen LogP contribution >= 0.6 is 34.5 Å². The minimum Gasteiger partial charge on any atom is -0.333 e. The first kappa shape index (κ1) is 19.3. The Kier molecular flexibility index (Phi) is 5.18. The lowest BCUT2D eigenvalue weighted by Gasteiger charge is -2.10. The van der Waals surface area contributed by atoms with Gasteiger partial charge in [-0.15, -0.1) is 0 Å². The number of para-hydroxylation sites is 1. The number of thiazole rings is 1. The Morgan fingerprint density at radius 3 is 2.52 bits per heavy atom. The molecule has 0 saturated heterocycles. The van der Waals surface area contributed by atoms with Crippen molar-refractivity contribution in [3.05, 3.63) is 68.4 Å². The monoisotopic (exact) mass is 446 g/mol. The number of halogens is 2. The average Bonchev–Trinajstić information content (AvgIpc) is 3.09. The molecule has 0 spiro atoms. The van der Waals surface area contributed by atoms with E-state index >= 15 is 0 Å². The van der Waals surface area contributed by atoms with Crippen LogP contribution in [-0.4, -0.2) is 19.9 Å². The molecule has 0 bridgehead atoms. The second-order valence-corrected chi connectivity index (χ2v) is 7.78. The Morgan fingerprint density at radius 1 is 1.07 bits per heavy atom. The maximum absolute atomic E-state index is 11.8. The zero-order valence-electron chi connectivity index (χ0n) is 14.8. The second-order valence-electron chi connectivity index (χ2n) is 5.97. The average molecular weight is 447 g/mol. The summed E-state index contributed by atoms with van der Waals surface area (Å²) in [5, 5.41) is 18.6. The van der Waals surface area contributed by atoms with E-state index < -0.39 is 4.92 Å². The molecule has 4 rings (SSSR count). The number of nitro groups is 1. The zero-order chi connectivity index (χ0) is 20.5. The van der Waals surface area contributed by atoms with Gasteiger partial charge in [0.25, 0.3) is 0 Å². The number of nitrogens with one attached hydrogen (secondary N) is 2. The fourth-order valence-electron chi connectivity index (χ4n) is 2.70. The highest BCUT2D eigenvalue weighted by Gasteiger charge is 2.25. The standard InChI is InChI=1S/C18H12Cl2N6O2S/c1-9-4-2-7-12-14(9)24-18(29-12)25-17-15(26(27)28)16(21-8-22-17)23-11-6-3-5-10(19)13(11)20/h2-8H,1H3,(H2,21,22,23,24,25). The first-order valence-electron chi connectivity index (χ1n) is 8.27. The lowest BCUT2D eigenvalue weighted by Crippen LogP contribution is -2.05. The van der Waals surface area contributed by atoms with Crippen LogP contribution in [-0.2, 0) is 0 Å². The van der Waals surface area contributed by atoms with Crippen LogP contribution in [0.1, 0.15) is 5.56 Å². The summed E-state index contributed by atoms with van der Waals surface area (Å²) in [4.78, 5) is 23.8. The highest BCUT2D eigenvalue weighted by atomic mass is 35.5. The molecule has 0 fully saturated rings. The number of rotatable bonds is 5. The Bertz CT molecular complexity index is 1250.